The lowest BCUT2D eigenvalue weighted by Crippen LogP contribution is -2.03. The monoisotopic (exact) mass is 315 g/mol. The highest BCUT2D eigenvalue weighted by Crippen LogP contribution is 2.28. The van der Waals surface area contributed by atoms with Crippen molar-refractivity contribution in [3.63, 3.8) is 0 Å². The lowest BCUT2D eigenvalue weighted by Gasteiger charge is -2.10. The summed E-state index contributed by atoms with van der Waals surface area (Å²) in [5.41, 5.74) is 3.22. The van der Waals surface area contributed by atoms with Gasteiger partial charge in [0.05, 0.1) is 33.4 Å². The van der Waals surface area contributed by atoms with Crippen molar-refractivity contribution in [3.05, 3.63) is 58.9 Å². The number of hydrogen-bond donors (Lipinski definition) is 0. The van der Waals surface area contributed by atoms with Gasteiger partial charge in [0.25, 0.3) is 0 Å². The van der Waals surface area contributed by atoms with E-state index in [4.69, 9.17) is 28.5 Å². The number of hydrogen-bond acceptors (Lipinski definition) is 2. The molecule has 0 aliphatic heterocycles. The second kappa shape index (κ2) is 5.77. The quantitative estimate of drug-likeness (QED) is 0.675. The van der Waals surface area contributed by atoms with Crippen molar-refractivity contribution >= 4 is 34.2 Å². The maximum Gasteiger partial charge on any atom is 0.115 e. The molecule has 3 aromatic rings. The van der Waals surface area contributed by atoms with Crippen LogP contribution in [0, 0.1) is 11.3 Å². The largest absolute Gasteiger partial charge is 0.295 e. The Morgan fingerprint density at radius 3 is 2.71 bits per heavy atom. The van der Waals surface area contributed by atoms with Crippen LogP contribution in [-0.4, -0.2) is 15.4 Å². The van der Waals surface area contributed by atoms with E-state index in [0.29, 0.717) is 22.9 Å². The third kappa shape index (κ3) is 2.49. The highest BCUT2D eigenvalue weighted by atomic mass is 35.5. The molecular formula is C16H11Cl2N3. The summed E-state index contributed by atoms with van der Waals surface area (Å²) in [4.78, 5) is 4.62. The summed E-state index contributed by atoms with van der Waals surface area (Å²) in [6.45, 7) is 0. The maximum absolute atomic E-state index is 8.95. The first-order chi connectivity index (χ1) is 10.2. The third-order valence-electron chi connectivity index (χ3n) is 3.27. The Kier molecular flexibility index (Phi) is 3.83. The first-order valence-electron chi connectivity index (χ1n) is 6.47. The molecule has 3 rings (SSSR count). The zero-order valence-electron chi connectivity index (χ0n) is 11.1. The van der Waals surface area contributed by atoms with Crippen LogP contribution in [0.3, 0.4) is 0 Å². The summed E-state index contributed by atoms with van der Waals surface area (Å²) < 4.78 is 2.00. The molecule has 2 aromatic carbocycles. The number of rotatable bonds is 3. The van der Waals surface area contributed by atoms with E-state index in [1.165, 1.54) is 0 Å². The van der Waals surface area contributed by atoms with Gasteiger partial charge >= 0.3 is 0 Å². The summed E-state index contributed by atoms with van der Waals surface area (Å²) in [5, 5.41) is 9.47. The average molecular weight is 316 g/mol. The lowest BCUT2D eigenvalue weighted by atomic mass is 10.2. The minimum absolute atomic E-state index is 0.483. The normalized spacial score (nSPS) is 10.7. The van der Waals surface area contributed by atoms with Gasteiger partial charge in [0, 0.05) is 12.3 Å². The predicted molar refractivity (Wildman–Crippen MR) is 85.2 cm³/mol. The Morgan fingerprint density at radius 2 is 2.00 bits per heavy atom. The number of aromatic nitrogens is 2. The Morgan fingerprint density at radius 1 is 1.19 bits per heavy atom. The van der Waals surface area contributed by atoms with E-state index >= 15 is 0 Å². The van der Waals surface area contributed by atoms with Gasteiger partial charge in [0.1, 0.15) is 5.82 Å². The van der Waals surface area contributed by atoms with E-state index in [9.17, 15) is 0 Å². The minimum Gasteiger partial charge on any atom is -0.295 e. The number of aryl methyl sites for hydroxylation is 1. The smallest absolute Gasteiger partial charge is 0.115 e. The summed E-state index contributed by atoms with van der Waals surface area (Å²) in [6, 6.07) is 15.2. The van der Waals surface area contributed by atoms with Gasteiger partial charge in [-0.3, -0.25) is 4.57 Å². The fraction of sp³-hybridized carbons (Fsp3) is 0.125. The van der Waals surface area contributed by atoms with Gasteiger partial charge < -0.3 is 0 Å². The molecule has 104 valence electrons. The van der Waals surface area contributed by atoms with E-state index in [1.54, 1.807) is 12.1 Å². The molecule has 0 amide bonds. The average Bonchev–Trinajstić information content (AvgIpc) is 2.85. The van der Waals surface area contributed by atoms with Crippen molar-refractivity contribution in [3.8, 4) is 11.8 Å². The lowest BCUT2D eigenvalue weighted by molar-refractivity contribution is 0.912. The zero-order valence-corrected chi connectivity index (χ0v) is 12.6. The van der Waals surface area contributed by atoms with Gasteiger partial charge in [-0.05, 0) is 30.3 Å². The number of nitrogens with zero attached hydrogens (tertiary/aromatic N) is 3. The van der Waals surface area contributed by atoms with Crippen LogP contribution in [0.5, 0.6) is 0 Å². The molecule has 5 heteroatoms. The molecule has 1 aromatic heterocycles. The molecule has 0 saturated carbocycles. The number of alkyl halides is 1. The fourth-order valence-corrected chi connectivity index (χ4v) is 2.79. The topological polar surface area (TPSA) is 41.6 Å². The molecule has 0 aliphatic carbocycles. The van der Waals surface area contributed by atoms with Crippen molar-refractivity contribution in [1.82, 2.24) is 9.55 Å². The predicted octanol–water partition coefficient (Wildman–Crippen LogP) is 4.33. The van der Waals surface area contributed by atoms with Crippen LogP contribution in [0.2, 0.25) is 5.02 Å². The standard InChI is InChI=1S/C16H11Cl2N3/c17-8-7-16-20-13-3-1-2-4-15(13)21(16)14-6-5-11(10-19)9-12(14)18/h1-6,9H,7-8H2. The Bertz CT molecular complexity index is 846. The van der Waals surface area contributed by atoms with Gasteiger partial charge in [-0.25, -0.2) is 4.98 Å². The van der Waals surface area contributed by atoms with E-state index in [-0.39, 0.29) is 0 Å². The van der Waals surface area contributed by atoms with Gasteiger partial charge in [0.2, 0.25) is 0 Å². The molecule has 0 aliphatic rings. The molecule has 21 heavy (non-hydrogen) atoms. The van der Waals surface area contributed by atoms with Crippen LogP contribution in [0.15, 0.2) is 42.5 Å². The van der Waals surface area contributed by atoms with Crippen LogP contribution in [-0.2, 0) is 6.42 Å². The van der Waals surface area contributed by atoms with Crippen LogP contribution < -0.4 is 0 Å². The SMILES string of the molecule is N#Cc1ccc(-n2c(CCCl)nc3ccccc32)c(Cl)c1. The molecule has 0 radical (unpaired) electrons. The first kappa shape index (κ1) is 13.9. The maximum atomic E-state index is 8.95. The molecule has 0 saturated heterocycles. The summed E-state index contributed by atoms with van der Waals surface area (Å²) in [5.74, 6) is 1.34. The highest BCUT2D eigenvalue weighted by Gasteiger charge is 2.14. The third-order valence-corrected chi connectivity index (χ3v) is 3.76. The zero-order chi connectivity index (χ0) is 14.8. The molecule has 0 N–H and O–H groups in total. The van der Waals surface area contributed by atoms with Crippen molar-refractivity contribution < 1.29 is 0 Å². The van der Waals surface area contributed by atoms with Gasteiger partial charge in [-0.2, -0.15) is 5.26 Å². The van der Waals surface area contributed by atoms with E-state index in [1.807, 2.05) is 34.9 Å². The Balaban J connectivity index is 2.28. The van der Waals surface area contributed by atoms with Gasteiger partial charge in [-0.15, -0.1) is 11.6 Å². The number of para-hydroxylation sites is 2. The van der Waals surface area contributed by atoms with Crippen molar-refractivity contribution in [2.24, 2.45) is 0 Å². The van der Waals surface area contributed by atoms with Crippen molar-refractivity contribution in [2.75, 3.05) is 5.88 Å². The molecule has 0 unspecified atom stereocenters. The summed E-state index contributed by atoms with van der Waals surface area (Å²) in [7, 11) is 0. The van der Waals surface area contributed by atoms with Crippen LogP contribution >= 0.6 is 23.2 Å². The first-order valence-corrected chi connectivity index (χ1v) is 7.38. The fourth-order valence-electron chi connectivity index (χ4n) is 2.35. The van der Waals surface area contributed by atoms with E-state index < -0.39 is 0 Å². The summed E-state index contributed by atoms with van der Waals surface area (Å²) >= 11 is 12.2. The van der Waals surface area contributed by atoms with Crippen molar-refractivity contribution in [1.29, 1.82) is 5.26 Å². The highest BCUT2D eigenvalue weighted by molar-refractivity contribution is 6.32. The summed E-state index contributed by atoms with van der Waals surface area (Å²) in [6.07, 6.45) is 0.645. The molecule has 0 fully saturated rings. The number of halogens is 2. The molecule has 0 bridgehead atoms. The molecule has 3 nitrogen and oxygen atoms in total. The van der Waals surface area contributed by atoms with Gasteiger partial charge in [-0.1, -0.05) is 23.7 Å². The van der Waals surface area contributed by atoms with Crippen LogP contribution in [0.4, 0.5) is 0 Å². The van der Waals surface area contributed by atoms with Gasteiger partial charge in [0.15, 0.2) is 0 Å². The second-order valence-corrected chi connectivity index (χ2v) is 5.35. The minimum atomic E-state index is 0.483. The van der Waals surface area contributed by atoms with E-state index in [2.05, 4.69) is 11.1 Å². The van der Waals surface area contributed by atoms with Crippen molar-refractivity contribution in [2.45, 2.75) is 6.42 Å². The Labute approximate surface area is 132 Å². The number of nitriles is 1. The second-order valence-electron chi connectivity index (χ2n) is 4.57. The van der Waals surface area contributed by atoms with E-state index in [0.717, 1.165) is 22.5 Å². The number of imidazole rings is 1. The van der Waals surface area contributed by atoms with Crippen LogP contribution in [0.25, 0.3) is 16.7 Å². The molecule has 0 atom stereocenters. The van der Waals surface area contributed by atoms with Crippen LogP contribution in [0.1, 0.15) is 11.4 Å². The molecular weight excluding hydrogens is 305 g/mol. The molecule has 0 spiro atoms. The number of fused-ring (bicyclic) bond motifs is 1. The molecule has 1 heterocycles. The number of benzene rings is 2. The Hall–Kier alpha value is -2.02.